The zero-order valence-electron chi connectivity index (χ0n) is 23.2. The number of nitrogens with zero attached hydrogens (tertiary/aromatic N) is 2. The van der Waals surface area contributed by atoms with Crippen molar-refractivity contribution in [3.8, 4) is 11.5 Å². The van der Waals surface area contributed by atoms with Gasteiger partial charge in [-0.05, 0) is 78.9 Å². The van der Waals surface area contributed by atoms with Crippen LogP contribution in [0.2, 0.25) is 0 Å². The Morgan fingerprint density at radius 2 is 1.69 bits per heavy atom. The number of likely N-dealkylation sites (tertiary alicyclic amines) is 1. The minimum Gasteiger partial charge on any atom is -0.507 e. The number of aliphatic hydroxyl groups excluding tert-OH is 1. The number of aliphatic hydroxyl groups is 1. The van der Waals surface area contributed by atoms with E-state index in [4.69, 9.17) is 9.47 Å². The number of ketones is 1. The van der Waals surface area contributed by atoms with Gasteiger partial charge in [0.15, 0.2) is 0 Å². The van der Waals surface area contributed by atoms with Crippen LogP contribution in [-0.2, 0) is 16.0 Å². The Morgan fingerprint density at radius 3 is 2.28 bits per heavy atom. The van der Waals surface area contributed by atoms with Crippen LogP contribution in [0.4, 0.5) is 5.69 Å². The van der Waals surface area contributed by atoms with Crippen LogP contribution in [0.15, 0.2) is 72.3 Å². The Bertz CT molecular complexity index is 1360. The summed E-state index contributed by atoms with van der Waals surface area (Å²) in [6, 6.07) is 19.9. The third-order valence-electron chi connectivity index (χ3n) is 6.98. The summed E-state index contributed by atoms with van der Waals surface area (Å²) in [6.45, 7) is 4.84. The molecule has 39 heavy (non-hydrogen) atoms. The van der Waals surface area contributed by atoms with Crippen LogP contribution >= 0.6 is 0 Å². The van der Waals surface area contributed by atoms with E-state index >= 15 is 0 Å². The van der Waals surface area contributed by atoms with Crippen LogP contribution in [0.3, 0.4) is 0 Å². The van der Waals surface area contributed by atoms with Crippen molar-refractivity contribution in [2.75, 3.05) is 39.3 Å². The summed E-state index contributed by atoms with van der Waals surface area (Å²) < 4.78 is 11.0. The number of carbonyl (C=O) groups excluding carboxylic acids is 2. The SMILES string of the molecule is CCCOc1ccc(/C(O)=C2/C(=O)C(=O)N(CCc3ccc(OC)cc3)C2c2ccc(N(C)C)cc2)cc1C. The van der Waals surface area contributed by atoms with E-state index in [1.54, 1.807) is 30.2 Å². The predicted octanol–water partition coefficient (Wildman–Crippen LogP) is 5.52. The summed E-state index contributed by atoms with van der Waals surface area (Å²) in [4.78, 5) is 30.3. The molecular formula is C32H36N2O5. The van der Waals surface area contributed by atoms with Crippen molar-refractivity contribution in [2.24, 2.45) is 0 Å². The first-order valence-electron chi connectivity index (χ1n) is 13.2. The number of ether oxygens (including phenoxy) is 2. The monoisotopic (exact) mass is 528 g/mol. The van der Waals surface area contributed by atoms with Gasteiger partial charge in [0.05, 0.1) is 25.3 Å². The van der Waals surface area contributed by atoms with Crippen molar-refractivity contribution in [3.05, 3.63) is 94.6 Å². The van der Waals surface area contributed by atoms with Crippen LogP contribution in [-0.4, -0.2) is 56.1 Å². The second kappa shape index (κ2) is 12.1. The molecule has 3 aromatic rings. The fourth-order valence-electron chi connectivity index (χ4n) is 4.78. The number of Topliss-reactive ketones (excluding diaryl/α,β-unsaturated/α-hetero) is 1. The van der Waals surface area contributed by atoms with Gasteiger partial charge < -0.3 is 24.4 Å². The molecule has 1 N–H and O–H groups in total. The van der Waals surface area contributed by atoms with Crippen LogP contribution in [0.1, 0.15) is 41.6 Å². The Kier molecular flexibility index (Phi) is 8.59. The molecule has 204 valence electrons. The summed E-state index contributed by atoms with van der Waals surface area (Å²) in [7, 11) is 5.52. The zero-order chi connectivity index (χ0) is 28.1. The zero-order valence-corrected chi connectivity index (χ0v) is 23.2. The fraction of sp³-hybridized carbons (Fsp3) is 0.312. The highest BCUT2D eigenvalue weighted by atomic mass is 16.5. The van der Waals surface area contributed by atoms with Gasteiger partial charge in [0.25, 0.3) is 11.7 Å². The molecule has 7 nitrogen and oxygen atoms in total. The smallest absolute Gasteiger partial charge is 0.295 e. The lowest BCUT2D eigenvalue weighted by atomic mass is 9.94. The summed E-state index contributed by atoms with van der Waals surface area (Å²) in [5, 5.41) is 11.5. The number of hydrogen-bond acceptors (Lipinski definition) is 6. The number of benzene rings is 3. The number of aryl methyl sites for hydroxylation is 1. The maximum Gasteiger partial charge on any atom is 0.295 e. The lowest BCUT2D eigenvalue weighted by molar-refractivity contribution is -0.139. The van der Waals surface area contributed by atoms with E-state index in [0.717, 1.165) is 40.3 Å². The van der Waals surface area contributed by atoms with Gasteiger partial charge >= 0.3 is 0 Å². The average molecular weight is 529 g/mol. The van der Waals surface area contributed by atoms with E-state index in [1.165, 1.54) is 0 Å². The Labute approximate surface area is 230 Å². The van der Waals surface area contributed by atoms with Gasteiger partial charge in [-0.3, -0.25) is 9.59 Å². The lowest BCUT2D eigenvalue weighted by Crippen LogP contribution is -2.31. The van der Waals surface area contributed by atoms with E-state index in [2.05, 4.69) is 0 Å². The molecule has 1 aliphatic rings. The summed E-state index contributed by atoms with van der Waals surface area (Å²) >= 11 is 0. The molecule has 1 atom stereocenters. The highest BCUT2D eigenvalue weighted by Gasteiger charge is 2.45. The molecule has 0 bridgehead atoms. The quantitative estimate of drug-likeness (QED) is 0.212. The molecule has 0 aliphatic carbocycles. The van der Waals surface area contributed by atoms with Crippen molar-refractivity contribution in [3.63, 3.8) is 0 Å². The Morgan fingerprint density at radius 1 is 1.00 bits per heavy atom. The third-order valence-corrected chi connectivity index (χ3v) is 6.98. The van der Waals surface area contributed by atoms with E-state index in [9.17, 15) is 14.7 Å². The molecule has 1 unspecified atom stereocenters. The maximum atomic E-state index is 13.4. The highest BCUT2D eigenvalue weighted by molar-refractivity contribution is 6.46. The van der Waals surface area contributed by atoms with E-state index in [1.807, 2.05) is 81.4 Å². The minimum absolute atomic E-state index is 0.0916. The third kappa shape index (κ3) is 5.93. The van der Waals surface area contributed by atoms with Crippen molar-refractivity contribution >= 4 is 23.1 Å². The second-order valence-electron chi connectivity index (χ2n) is 9.91. The van der Waals surface area contributed by atoms with Crippen molar-refractivity contribution in [1.29, 1.82) is 0 Å². The molecule has 1 fully saturated rings. The maximum absolute atomic E-state index is 13.4. The van der Waals surface area contributed by atoms with Gasteiger partial charge in [-0.15, -0.1) is 0 Å². The van der Waals surface area contributed by atoms with Gasteiger partial charge in [-0.1, -0.05) is 31.2 Å². The predicted molar refractivity (Wildman–Crippen MR) is 153 cm³/mol. The molecule has 1 amide bonds. The van der Waals surface area contributed by atoms with Crippen molar-refractivity contribution < 1.29 is 24.2 Å². The molecule has 4 rings (SSSR count). The first-order chi connectivity index (χ1) is 18.7. The average Bonchev–Trinajstić information content (AvgIpc) is 3.20. The second-order valence-corrected chi connectivity index (χ2v) is 9.91. The lowest BCUT2D eigenvalue weighted by Gasteiger charge is -2.26. The van der Waals surface area contributed by atoms with Gasteiger partial charge in [-0.2, -0.15) is 0 Å². The molecule has 1 saturated heterocycles. The highest BCUT2D eigenvalue weighted by Crippen LogP contribution is 2.40. The molecule has 0 saturated carbocycles. The van der Waals surface area contributed by atoms with Crippen molar-refractivity contribution in [1.82, 2.24) is 4.90 Å². The van der Waals surface area contributed by atoms with Crippen LogP contribution < -0.4 is 14.4 Å². The Balaban J connectivity index is 1.74. The van der Waals surface area contributed by atoms with Gasteiger partial charge in [0, 0.05) is 31.9 Å². The summed E-state index contributed by atoms with van der Waals surface area (Å²) in [5.74, 6) is -0.0166. The molecule has 0 radical (unpaired) electrons. The summed E-state index contributed by atoms with van der Waals surface area (Å²) in [6.07, 6.45) is 1.43. The van der Waals surface area contributed by atoms with Crippen LogP contribution in [0.5, 0.6) is 11.5 Å². The molecule has 1 heterocycles. The van der Waals surface area contributed by atoms with Crippen molar-refractivity contribution in [2.45, 2.75) is 32.7 Å². The number of amides is 1. The largest absolute Gasteiger partial charge is 0.507 e. The number of anilines is 1. The van der Waals surface area contributed by atoms with Crippen LogP contribution in [0, 0.1) is 6.92 Å². The summed E-state index contributed by atoms with van der Waals surface area (Å²) in [5.41, 5.74) is 4.17. The number of hydrogen-bond donors (Lipinski definition) is 1. The number of carbonyl (C=O) groups is 2. The molecule has 3 aromatic carbocycles. The Hall–Kier alpha value is -4.26. The van der Waals surface area contributed by atoms with E-state index in [0.29, 0.717) is 25.1 Å². The molecule has 1 aliphatic heterocycles. The molecule has 0 aromatic heterocycles. The standard InChI is InChI=1S/C32H36N2O5/c1-6-19-39-27-16-11-24(20-21(27)2)30(35)28-29(23-9-12-25(13-10-23)33(3)4)34(32(37)31(28)36)18-17-22-7-14-26(38-5)15-8-22/h7-16,20,29,35H,6,17-19H2,1-5H3/b30-28-. The molecule has 0 spiro atoms. The topological polar surface area (TPSA) is 79.3 Å². The van der Waals surface area contributed by atoms with Gasteiger partial charge in [-0.25, -0.2) is 0 Å². The first-order valence-corrected chi connectivity index (χ1v) is 13.2. The normalized spacial score (nSPS) is 16.4. The number of methoxy groups -OCH3 is 1. The molecule has 7 heteroatoms. The van der Waals surface area contributed by atoms with Gasteiger partial charge in [0.1, 0.15) is 17.3 Å². The van der Waals surface area contributed by atoms with E-state index in [-0.39, 0.29) is 11.3 Å². The molecular weight excluding hydrogens is 492 g/mol. The van der Waals surface area contributed by atoms with Gasteiger partial charge in [0.2, 0.25) is 0 Å². The minimum atomic E-state index is -0.712. The van der Waals surface area contributed by atoms with Crippen LogP contribution in [0.25, 0.3) is 5.76 Å². The first kappa shape index (κ1) is 27.8. The van der Waals surface area contributed by atoms with E-state index < -0.39 is 17.7 Å². The fourth-order valence-corrected chi connectivity index (χ4v) is 4.78. The number of rotatable bonds is 10.